The van der Waals surface area contributed by atoms with Crippen LogP contribution in [0.2, 0.25) is 0 Å². The van der Waals surface area contributed by atoms with Gasteiger partial charge < -0.3 is 10.4 Å². The zero-order valence-electron chi connectivity index (χ0n) is 7.60. The minimum absolute atomic E-state index is 0. The molecule has 84 valence electrons. The second-order valence-electron chi connectivity index (χ2n) is 3.20. The smallest absolute Gasteiger partial charge is 0.304 e. The average molecular weight is 244 g/mol. The first-order valence-corrected chi connectivity index (χ1v) is 5.97. The third-order valence-corrected chi connectivity index (χ3v) is 3.77. The summed E-state index contributed by atoms with van der Waals surface area (Å²) in [4.78, 5) is 10.1. The fourth-order valence-electron chi connectivity index (χ4n) is 1.34. The van der Waals surface area contributed by atoms with Crippen LogP contribution in [-0.2, 0) is 14.6 Å². The predicted octanol–water partition coefficient (Wildman–Crippen LogP) is -0.340. The maximum atomic E-state index is 11.0. The van der Waals surface area contributed by atoms with Gasteiger partial charge in [0.2, 0.25) is 0 Å². The molecule has 1 saturated heterocycles. The SMILES string of the molecule is Cl.O=C(O)CCNC1CCS(=O)(=O)C1. The van der Waals surface area contributed by atoms with Crippen molar-refractivity contribution in [3.63, 3.8) is 0 Å². The maximum Gasteiger partial charge on any atom is 0.304 e. The Morgan fingerprint density at radius 3 is 2.57 bits per heavy atom. The van der Waals surface area contributed by atoms with Gasteiger partial charge in [-0.2, -0.15) is 0 Å². The lowest BCUT2D eigenvalue weighted by Crippen LogP contribution is -2.31. The van der Waals surface area contributed by atoms with Crippen LogP contribution < -0.4 is 5.32 Å². The summed E-state index contributed by atoms with van der Waals surface area (Å²) in [5.41, 5.74) is 0. The molecule has 0 saturated carbocycles. The van der Waals surface area contributed by atoms with Crippen LogP contribution in [0.25, 0.3) is 0 Å². The summed E-state index contributed by atoms with van der Waals surface area (Å²) in [5.74, 6) is -0.502. The monoisotopic (exact) mass is 243 g/mol. The van der Waals surface area contributed by atoms with Crippen molar-refractivity contribution in [2.24, 2.45) is 0 Å². The zero-order chi connectivity index (χ0) is 9.90. The average Bonchev–Trinajstić information content (AvgIpc) is 2.29. The van der Waals surface area contributed by atoms with Crippen LogP contribution in [0, 0.1) is 0 Å². The highest BCUT2D eigenvalue weighted by atomic mass is 35.5. The summed E-state index contributed by atoms with van der Waals surface area (Å²) in [6.07, 6.45) is 0.637. The van der Waals surface area contributed by atoms with Gasteiger partial charge in [0.25, 0.3) is 0 Å². The van der Waals surface area contributed by atoms with Crippen molar-refractivity contribution in [2.45, 2.75) is 18.9 Å². The number of nitrogens with one attached hydrogen (secondary N) is 1. The summed E-state index contributed by atoms with van der Waals surface area (Å²) in [6, 6.07) is -0.0515. The van der Waals surface area contributed by atoms with Crippen LogP contribution in [-0.4, -0.2) is 43.6 Å². The molecule has 7 heteroatoms. The third-order valence-electron chi connectivity index (χ3n) is 2.00. The largest absolute Gasteiger partial charge is 0.481 e. The number of carboxylic acids is 1. The molecule has 0 aromatic carbocycles. The van der Waals surface area contributed by atoms with Crippen LogP contribution >= 0.6 is 12.4 Å². The molecule has 0 aromatic heterocycles. The van der Waals surface area contributed by atoms with Crippen LogP contribution in [0.15, 0.2) is 0 Å². The number of rotatable bonds is 4. The molecule has 5 nitrogen and oxygen atoms in total. The summed E-state index contributed by atoms with van der Waals surface area (Å²) in [5, 5.41) is 11.2. The van der Waals surface area contributed by atoms with E-state index in [0.29, 0.717) is 13.0 Å². The molecule has 1 atom stereocenters. The molecular weight excluding hydrogens is 230 g/mol. The van der Waals surface area contributed by atoms with Crippen molar-refractivity contribution in [3.05, 3.63) is 0 Å². The van der Waals surface area contributed by atoms with Crippen molar-refractivity contribution in [2.75, 3.05) is 18.1 Å². The molecule has 1 heterocycles. The number of aliphatic carboxylic acids is 1. The Hall–Kier alpha value is -0.330. The quantitative estimate of drug-likeness (QED) is 0.706. The molecule has 1 rings (SSSR count). The normalized spacial score (nSPS) is 24.1. The summed E-state index contributed by atoms with van der Waals surface area (Å²) < 4.78 is 22.0. The standard InChI is InChI=1S/C7H13NO4S.ClH/c9-7(10)1-3-8-6-2-4-13(11,12)5-6;/h6,8H,1-5H2,(H,9,10);1H. The van der Waals surface area contributed by atoms with Crippen LogP contribution in [0.5, 0.6) is 0 Å². The van der Waals surface area contributed by atoms with Crippen molar-refractivity contribution in [3.8, 4) is 0 Å². The van der Waals surface area contributed by atoms with Gasteiger partial charge in [0.1, 0.15) is 0 Å². The van der Waals surface area contributed by atoms with E-state index in [4.69, 9.17) is 5.11 Å². The van der Waals surface area contributed by atoms with Gasteiger partial charge in [-0.25, -0.2) is 8.42 Å². The lowest BCUT2D eigenvalue weighted by atomic mass is 10.2. The van der Waals surface area contributed by atoms with E-state index in [2.05, 4.69) is 5.32 Å². The van der Waals surface area contributed by atoms with E-state index in [1.54, 1.807) is 0 Å². The highest BCUT2D eigenvalue weighted by Crippen LogP contribution is 2.10. The first-order valence-electron chi connectivity index (χ1n) is 4.15. The topological polar surface area (TPSA) is 83.5 Å². The second-order valence-corrected chi connectivity index (χ2v) is 5.43. The number of hydrogen-bond acceptors (Lipinski definition) is 4. The van der Waals surface area contributed by atoms with Gasteiger partial charge in [0.05, 0.1) is 17.9 Å². The van der Waals surface area contributed by atoms with E-state index >= 15 is 0 Å². The molecule has 0 amide bonds. The molecule has 1 fully saturated rings. The zero-order valence-corrected chi connectivity index (χ0v) is 9.23. The van der Waals surface area contributed by atoms with Gasteiger partial charge in [-0.05, 0) is 6.42 Å². The van der Waals surface area contributed by atoms with Crippen molar-refractivity contribution < 1.29 is 18.3 Å². The van der Waals surface area contributed by atoms with Crippen LogP contribution in [0.1, 0.15) is 12.8 Å². The van der Waals surface area contributed by atoms with Gasteiger partial charge in [0.15, 0.2) is 9.84 Å². The van der Waals surface area contributed by atoms with E-state index in [0.717, 1.165) is 0 Å². The molecule has 0 radical (unpaired) electrons. The first kappa shape index (κ1) is 13.7. The highest BCUT2D eigenvalue weighted by molar-refractivity contribution is 7.91. The Kier molecular flexibility index (Phi) is 5.40. The number of carbonyl (C=O) groups is 1. The Bertz CT molecular complexity index is 290. The minimum Gasteiger partial charge on any atom is -0.481 e. The maximum absolute atomic E-state index is 11.0. The summed E-state index contributed by atoms with van der Waals surface area (Å²) in [6.45, 7) is 0.343. The second kappa shape index (κ2) is 5.53. The molecule has 14 heavy (non-hydrogen) atoms. The molecule has 0 bridgehead atoms. The molecule has 2 N–H and O–H groups in total. The Morgan fingerprint density at radius 1 is 1.50 bits per heavy atom. The Labute approximate surface area is 89.2 Å². The number of halogens is 1. The first-order chi connectivity index (χ1) is 5.99. The highest BCUT2D eigenvalue weighted by Gasteiger charge is 2.27. The van der Waals surface area contributed by atoms with Gasteiger partial charge in [0, 0.05) is 12.6 Å². The lowest BCUT2D eigenvalue weighted by Gasteiger charge is -2.08. The van der Waals surface area contributed by atoms with Gasteiger partial charge in [-0.15, -0.1) is 12.4 Å². The molecule has 0 aromatic rings. The fraction of sp³-hybridized carbons (Fsp3) is 0.857. The van der Waals surface area contributed by atoms with Crippen molar-refractivity contribution >= 4 is 28.2 Å². The summed E-state index contributed by atoms with van der Waals surface area (Å²) >= 11 is 0. The molecule has 0 spiro atoms. The number of sulfone groups is 1. The summed E-state index contributed by atoms with van der Waals surface area (Å²) in [7, 11) is -2.86. The molecule has 1 aliphatic rings. The van der Waals surface area contributed by atoms with Crippen LogP contribution in [0.3, 0.4) is 0 Å². The number of hydrogen-bond donors (Lipinski definition) is 2. The Balaban J connectivity index is 0.00000169. The van der Waals surface area contributed by atoms with E-state index in [1.165, 1.54) is 0 Å². The van der Waals surface area contributed by atoms with E-state index in [1.807, 2.05) is 0 Å². The van der Waals surface area contributed by atoms with Gasteiger partial charge in [-0.1, -0.05) is 0 Å². The van der Waals surface area contributed by atoms with Crippen LogP contribution in [0.4, 0.5) is 0 Å². The van der Waals surface area contributed by atoms with Gasteiger partial charge in [-0.3, -0.25) is 4.79 Å². The van der Waals surface area contributed by atoms with Crippen molar-refractivity contribution in [1.82, 2.24) is 5.32 Å². The minimum atomic E-state index is -2.86. The van der Waals surface area contributed by atoms with Crippen molar-refractivity contribution in [1.29, 1.82) is 0 Å². The number of carboxylic acid groups (broad SMARTS) is 1. The lowest BCUT2D eigenvalue weighted by molar-refractivity contribution is -0.136. The van der Waals surface area contributed by atoms with Gasteiger partial charge >= 0.3 is 5.97 Å². The Morgan fingerprint density at radius 2 is 2.14 bits per heavy atom. The fourth-order valence-corrected chi connectivity index (χ4v) is 3.05. The molecule has 1 aliphatic heterocycles. The van der Waals surface area contributed by atoms with E-state index < -0.39 is 15.8 Å². The molecular formula is C7H14ClNO4S. The molecule has 0 aliphatic carbocycles. The van der Waals surface area contributed by atoms with E-state index in [9.17, 15) is 13.2 Å². The predicted molar refractivity (Wildman–Crippen MR) is 54.6 cm³/mol. The third kappa shape index (κ3) is 4.78. The molecule has 1 unspecified atom stereocenters. The van der Waals surface area contributed by atoms with E-state index in [-0.39, 0.29) is 36.4 Å².